The molecule has 0 fully saturated rings. The number of ketones is 1. The van der Waals surface area contributed by atoms with Gasteiger partial charge in [-0.1, -0.05) is 45.0 Å². The number of thioether (sulfide) groups is 1. The highest BCUT2D eigenvalue weighted by molar-refractivity contribution is 8.00. The Morgan fingerprint density at radius 3 is 2.00 bits per heavy atom. The molecule has 0 unspecified atom stereocenters. The first-order valence-corrected chi connectivity index (χ1v) is 6.42. The first kappa shape index (κ1) is 15.1. The standard InChI is InChI=1S/C13H15F3OS/c1-12(2,3)10-6-4-9(5-7-10)11(17)8-18-13(14,15)16/h4-7H,8H2,1-3H3. The highest BCUT2D eigenvalue weighted by Gasteiger charge is 2.29. The van der Waals surface area contributed by atoms with Crippen LogP contribution in [0.15, 0.2) is 24.3 Å². The molecule has 0 aliphatic heterocycles. The second-order valence-electron chi connectivity index (χ2n) is 4.98. The van der Waals surface area contributed by atoms with E-state index >= 15 is 0 Å². The molecule has 0 atom stereocenters. The van der Waals surface area contributed by atoms with Crippen LogP contribution >= 0.6 is 11.8 Å². The second kappa shape index (κ2) is 5.34. The Labute approximate surface area is 109 Å². The Kier molecular flexibility index (Phi) is 4.48. The van der Waals surface area contributed by atoms with Crippen LogP contribution in [0.25, 0.3) is 0 Å². The molecule has 0 radical (unpaired) electrons. The Bertz CT molecular complexity index is 415. The zero-order valence-corrected chi connectivity index (χ0v) is 11.3. The minimum Gasteiger partial charge on any atom is -0.293 e. The topological polar surface area (TPSA) is 17.1 Å². The number of alkyl halides is 3. The molecule has 0 saturated heterocycles. The van der Waals surface area contributed by atoms with Gasteiger partial charge in [0.25, 0.3) is 0 Å². The number of carbonyl (C=O) groups is 1. The van der Waals surface area contributed by atoms with Gasteiger partial charge in [-0.2, -0.15) is 13.2 Å². The molecule has 0 N–H and O–H groups in total. The monoisotopic (exact) mass is 276 g/mol. The van der Waals surface area contributed by atoms with Crippen LogP contribution in [0.5, 0.6) is 0 Å². The van der Waals surface area contributed by atoms with Crippen LogP contribution in [-0.2, 0) is 5.41 Å². The third-order valence-corrected chi connectivity index (χ3v) is 3.17. The van der Waals surface area contributed by atoms with Gasteiger partial charge in [-0.25, -0.2) is 0 Å². The fraction of sp³-hybridized carbons (Fsp3) is 0.462. The van der Waals surface area contributed by atoms with E-state index in [1.165, 1.54) is 0 Å². The molecular weight excluding hydrogens is 261 g/mol. The Hall–Kier alpha value is -0.970. The largest absolute Gasteiger partial charge is 0.442 e. The first-order chi connectivity index (χ1) is 8.09. The van der Waals surface area contributed by atoms with Crippen LogP contribution in [0.3, 0.4) is 0 Å². The number of Topliss-reactive ketones (excluding diaryl/α,β-unsaturated/α-hetero) is 1. The molecule has 0 heterocycles. The maximum atomic E-state index is 12.0. The van der Waals surface area contributed by atoms with Gasteiger partial charge >= 0.3 is 5.51 Å². The van der Waals surface area contributed by atoms with E-state index in [2.05, 4.69) is 0 Å². The second-order valence-corrected chi connectivity index (χ2v) is 6.03. The Morgan fingerprint density at radius 2 is 1.61 bits per heavy atom. The average Bonchev–Trinajstić information content (AvgIpc) is 2.24. The highest BCUT2D eigenvalue weighted by Crippen LogP contribution is 2.30. The maximum absolute atomic E-state index is 12.0. The van der Waals surface area contributed by atoms with Crippen LogP contribution in [-0.4, -0.2) is 17.0 Å². The van der Waals surface area contributed by atoms with Gasteiger partial charge in [0, 0.05) is 5.56 Å². The zero-order valence-electron chi connectivity index (χ0n) is 10.5. The molecule has 0 spiro atoms. The summed E-state index contributed by atoms with van der Waals surface area (Å²) in [4.78, 5) is 11.5. The summed E-state index contributed by atoms with van der Waals surface area (Å²) in [6.45, 7) is 6.09. The number of hydrogen-bond acceptors (Lipinski definition) is 2. The highest BCUT2D eigenvalue weighted by atomic mass is 32.2. The lowest BCUT2D eigenvalue weighted by Crippen LogP contribution is -2.12. The van der Waals surface area contributed by atoms with Crippen molar-refractivity contribution in [3.05, 3.63) is 35.4 Å². The van der Waals surface area contributed by atoms with Gasteiger partial charge in [0.05, 0.1) is 5.75 Å². The molecule has 100 valence electrons. The molecule has 1 nitrogen and oxygen atoms in total. The molecule has 5 heteroatoms. The van der Waals surface area contributed by atoms with E-state index < -0.39 is 17.0 Å². The molecule has 0 aliphatic carbocycles. The molecular formula is C13H15F3OS. The van der Waals surface area contributed by atoms with E-state index in [-0.39, 0.29) is 17.2 Å². The van der Waals surface area contributed by atoms with Crippen LogP contribution in [0.2, 0.25) is 0 Å². The van der Waals surface area contributed by atoms with Crippen molar-refractivity contribution in [3.63, 3.8) is 0 Å². The fourth-order valence-electron chi connectivity index (χ4n) is 1.39. The zero-order chi connectivity index (χ0) is 14.0. The third kappa shape index (κ3) is 4.72. The minimum atomic E-state index is -4.36. The quantitative estimate of drug-likeness (QED) is 0.760. The van der Waals surface area contributed by atoms with Gasteiger partial charge in [-0.3, -0.25) is 4.79 Å². The SMILES string of the molecule is CC(C)(C)c1ccc(C(=O)CSC(F)(F)F)cc1. The van der Waals surface area contributed by atoms with Gasteiger partial charge in [0.15, 0.2) is 5.78 Å². The van der Waals surface area contributed by atoms with Gasteiger partial charge in [-0.15, -0.1) is 0 Å². The van der Waals surface area contributed by atoms with Crippen LogP contribution in [0.1, 0.15) is 36.7 Å². The Morgan fingerprint density at radius 1 is 1.11 bits per heavy atom. The molecule has 18 heavy (non-hydrogen) atoms. The number of rotatable bonds is 3. The van der Waals surface area contributed by atoms with Crippen LogP contribution < -0.4 is 0 Å². The number of hydrogen-bond donors (Lipinski definition) is 0. The van der Waals surface area contributed by atoms with Crippen molar-refractivity contribution in [1.82, 2.24) is 0 Å². The molecule has 0 aliphatic rings. The van der Waals surface area contributed by atoms with Gasteiger partial charge in [-0.05, 0) is 22.7 Å². The normalized spacial score (nSPS) is 12.6. The number of carbonyl (C=O) groups excluding carboxylic acids is 1. The lowest BCUT2D eigenvalue weighted by atomic mass is 9.86. The molecule has 0 amide bonds. The van der Waals surface area contributed by atoms with Gasteiger partial charge in [0.2, 0.25) is 0 Å². The predicted molar refractivity (Wildman–Crippen MR) is 68.0 cm³/mol. The maximum Gasteiger partial charge on any atom is 0.442 e. The van der Waals surface area contributed by atoms with Crippen molar-refractivity contribution in [1.29, 1.82) is 0 Å². The predicted octanol–water partition coefficient (Wildman–Crippen LogP) is 4.42. The lowest BCUT2D eigenvalue weighted by molar-refractivity contribution is -0.0327. The number of benzene rings is 1. The summed E-state index contributed by atoms with van der Waals surface area (Å²) in [5.41, 5.74) is -3.04. The smallest absolute Gasteiger partial charge is 0.293 e. The molecule has 1 aromatic carbocycles. The van der Waals surface area contributed by atoms with E-state index in [1.807, 2.05) is 20.8 Å². The summed E-state index contributed by atoms with van der Waals surface area (Å²) in [5.74, 6) is -1.07. The van der Waals surface area contributed by atoms with Crippen molar-refractivity contribution in [2.24, 2.45) is 0 Å². The molecule has 1 aromatic rings. The van der Waals surface area contributed by atoms with E-state index in [9.17, 15) is 18.0 Å². The minimum absolute atomic E-state index is 0.0394. The molecule has 0 aromatic heterocycles. The summed E-state index contributed by atoms with van der Waals surface area (Å²) in [6.07, 6.45) is 0. The summed E-state index contributed by atoms with van der Waals surface area (Å²) < 4.78 is 35.9. The summed E-state index contributed by atoms with van der Waals surface area (Å²) in [7, 11) is 0. The molecule has 0 bridgehead atoms. The van der Waals surface area contributed by atoms with Crippen LogP contribution in [0.4, 0.5) is 13.2 Å². The first-order valence-electron chi connectivity index (χ1n) is 5.44. The third-order valence-electron chi connectivity index (χ3n) is 2.44. The van der Waals surface area contributed by atoms with Crippen molar-refractivity contribution in [2.75, 3.05) is 5.75 Å². The van der Waals surface area contributed by atoms with E-state index in [0.717, 1.165) is 5.56 Å². The summed E-state index contributed by atoms with van der Waals surface area (Å²) in [5, 5.41) is 0. The van der Waals surface area contributed by atoms with Crippen molar-refractivity contribution in [2.45, 2.75) is 31.7 Å². The van der Waals surface area contributed by atoms with Crippen molar-refractivity contribution < 1.29 is 18.0 Å². The van der Waals surface area contributed by atoms with Crippen molar-refractivity contribution in [3.8, 4) is 0 Å². The van der Waals surface area contributed by atoms with E-state index in [1.54, 1.807) is 24.3 Å². The van der Waals surface area contributed by atoms with E-state index in [0.29, 0.717) is 5.56 Å². The average molecular weight is 276 g/mol. The lowest BCUT2D eigenvalue weighted by Gasteiger charge is -2.19. The summed E-state index contributed by atoms with van der Waals surface area (Å²) >= 11 is -0.303. The molecule has 0 saturated carbocycles. The Balaban J connectivity index is 2.71. The fourth-order valence-corrected chi connectivity index (χ4v) is 1.85. The van der Waals surface area contributed by atoms with Crippen molar-refractivity contribution >= 4 is 17.5 Å². The van der Waals surface area contributed by atoms with Gasteiger partial charge in [0.1, 0.15) is 0 Å². The number of halogens is 3. The molecule has 1 rings (SSSR count). The summed E-state index contributed by atoms with van der Waals surface area (Å²) in [6, 6.07) is 6.73. The van der Waals surface area contributed by atoms with E-state index in [4.69, 9.17) is 0 Å². The van der Waals surface area contributed by atoms with Crippen LogP contribution in [0, 0.1) is 0 Å². The van der Waals surface area contributed by atoms with Gasteiger partial charge < -0.3 is 0 Å².